The number of benzene rings is 2. The van der Waals surface area contributed by atoms with Crippen molar-refractivity contribution in [2.24, 2.45) is 17.8 Å². The van der Waals surface area contributed by atoms with Gasteiger partial charge in [0.1, 0.15) is 6.04 Å². The minimum Gasteiger partial charge on any atom is -0.423 e. The second kappa shape index (κ2) is 12.7. The van der Waals surface area contributed by atoms with E-state index in [0.29, 0.717) is 23.9 Å². The Morgan fingerprint density at radius 1 is 0.971 bits per heavy atom. The van der Waals surface area contributed by atoms with Crippen LogP contribution in [-0.4, -0.2) is 41.6 Å². The van der Waals surface area contributed by atoms with Gasteiger partial charge >= 0.3 is 7.12 Å². The second-order valence-corrected chi connectivity index (χ2v) is 9.51. The molecule has 1 saturated carbocycles. The molecule has 0 heterocycles. The molecule has 34 heavy (non-hydrogen) atoms. The minimum absolute atomic E-state index is 0.0694. The highest BCUT2D eigenvalue weighted by molar-refractivity contribution is 6.58. The lowest BCUT2D eigenvalue weighted by molar-refractivity contribution is -0.134. The molecule has 7 nitrogen and oxygen atoms in total. The number of carbonyl (C=O) groups excluding carboxylic acids is 2. The van der Waals surface area contributed by atoms with E-state index in [4.69, 9.17) is 4.74 Å². The normalized spacial score (nSPS) is 20.9. The summed E-state index contributed by atoms with van der Waals surface area (Å²) in [6, 6.07) is 15.5. The zero-order chi connectivity index (χ0) is 24.5. The van der Waals surface area contributed by atoms with E-state index in [2.05, 4.69) is 24.5 Å². The summed E-state index contributed by atoms with van der Waals surface area (Å²) in [5.41, 5.74) is 2.18. The van der Waals surface area contributed by atoms with Crippen LogP contribution in [0, 0.1) is 17.8 Å². The van der Waals surface area contributed by atoms with Crippen molar-refractivity contribution in [3.05, 3.63) is 65.7 Å². The number of amides is 2. The summed E-state index contributed by atoms with van der Waals surface area (Å²) in [5, 5.41) is 24.2. The Labute approximate surface area is 202 Å². The third-order valence-corrected chi connectivity index (χ3v) is 6.32. The van der Waals surface area contributed by atoms with Crippen molar-refractivity contribution >= 4 is 24.4 Å². The summed E-state index contributed by atoms with van der Waals surface area (Å²) in [4.78, 5) is 26.0. The van der Waals surface area contributed by atoms with E-state index in [0.717, 1.165) is 30.4 Å². The van der Waals surface area contributed by atoms with Crippen molar-refractivity contribution in [1.82, 2.24) is 10.6 Å². The average Bonchev–Trinajstić information content (AvgIpc) is 2.82. The van der Waals surface area contributed by atoms with Gasteiger partial charge in [0.25, 0.3) is 0 Å². The number of hydrogen-bond acceptors (Lipinski definition) is 5. The van der Waals surface area contributed by atoms with E-state index in [-0.39, 0.29) is 30.9 Å². The molecule has 0 aromatic heterocycles. The number of carbonyl (C=O) groups is 2. The van der Waals surface area contributed by atoms with Crippen LogP contribution in [0.15, 0.2) is 54.6 Å². The quantitative estimate of drug-likeness (QED) is 0.399. The van der Waals surface area contributed by atoms with Crippen LogP contribution in [0.5, 0.6) is 0 Å². The lowest BCUT2D eigenvalue weighted by Crippen LogP contribution is -2.51. The average molecular weight is 466 g/mol. The summed E-state index contributed by atoms with van der Waals surface area (Å²) in [6.45, 7) is 5.01. The molecule has 0 saturated heterocycles. The number of rotatable bonds is 10. The molecule has 0 bridgehead atoms. The standard InChI is InChI=1S/C26H35BN2O5/c1-18-12-19(2)14-22(13-18)25(30)29-24(17-34-16-21-6-4-3-5-7-21)26(31)28-15-20-8-10-23(11-9-20)27(32)33/h3-11,18-19,22,24,32-33H,12-17H2,1-2H3,(H,28,31)(H,29,30)/t18-,19+,22?,24-/m0/s1. The fraction of sp³-hybridized carbons (Fsp3) is 0.462. The number of nitrogens with one attached hydrogen (secondary N) is 2. The van der Waals surface area contributed by atoms with Crippen LogP contribution in [-0.2, 0) is 27.5 Å². The lowest BCUT2D eigenvalue weighted by atomic mass is 9.76. The predicted octanol–water partition coefficient (Wildman–Crippen LogP) is 1.76. The van der Waals surface area contributed by atoms with Gasteiger partial charge in [0.2, 0.25) is 11.8 Å². The molecule has 2 aromatic rings. The van der Waals surface area contributed by atoms with E-state index in [1.54, 1.807) is 24.3 Å². The van der Waals surface area contributed by atoms with Gasteiger partial charge in [0.15, 0.2) is 0 Å². The molecule has 1 unspecified atom stereocenters. The molecule has 0 aliphatic heterocycles. The Hall–Kier alpha value is -2.68. The van der Waals surface area contributed by atoms with Gasteiger partial charge in [-0.05, 0) is 47.7 Å². The summed E-state index contributed by atoms with van der Waals surface area (Å²) in [7, 11) is -1.53. The molecule has 4 atom stereocenters. The summed E-state index contributed by atoms with van der Waals surface area (Å²) >= 11 is 0. The van der Waals surface area contributed by atoms with Gasteiger partial charge in [0, 0.05) is 12.5 Å². The first-order valence-electron chi connectivity index (χ1n) is 12.0. The third-order valence-electron chi connectivity index (χ3n) is 6.32. The Morgan fingerprint density at radius 3 is 2.24 bits per heavy atom. The first-order valence-corrected chi connectivity index (χ1v) is 12.0. The molecule has 3 rings (SSSR count). The van der Waals surface area contributed by atoms with Crippen LogP contribution in [0.1, 0.15) is 44.2 Å². The maximum Gasteiger partial charge on any atom is 0.488 e. The van der Waals surface area contributed by atoms with Gasteiger partial charge in [-0.2, -0.15) is 0 Å². The van der Waals surface area contributed by atoms with Gasteiger partial charge in [-0.25, -0.2) is 0 Å². The second-order valence-electron chi connectivity index (χ2n) is 9.51. The van der Waals surface area contributed by atoms with Gasteiger partial charge in [-0.1, -0.05) is 68.4 Å². The number of ether oxygens (including phenoxy) is 1. The highest BCUT2D eigenvalue weighted by Gasteiger charge is 2.31. The van der Waals surface area contributed by atoms with Crippen molar-refractivity contribution in [1.29, 1.82) is 0 Å². The fourth-order valence-electron chi connectivity index (χ4n) is 4.62. The van der Waals surface area contributed by atoms with Gasteiger partial charge in [-0.15, -0.1) is 0 Å². The van der Waals surface area contributed by atoms with Crippen molar-refractivity contribution in [2.75, 3.05) is 6.61 Å². The Bertz CT molecular complexity index is 913. The molecule has 2 amide bonds. The molecule has 1 fully saturated rings. The summed E-state index contributed by atoms with van der Waals surface area (Å²) < 4.78 is 5.80. The fourth-order valence-corrected chi connectivity index (χ4v) is 4.62. The SMILES string of the molecule is C[C@@H]1CC(C(=O)N[C@@H](COCc2ccccc2)C(=O)NCc2ccc(B(O)O)cc2)C[C@H](C)C1. The molecule has 4 N–H and O–H groups in total. The topological polar surface area (TPSA) is 108 Å². The third kappa shape index (κ3) is 7.97. The maximum atomic E-state index is 13.0. The van der Waals surface area contributed by atoms with E-state index < -0.39 is 13.2 Å². The van der Waals surface area contributed by atoms with Crippen molar-refractivity contribution in [3.8, 4) is 0 Å². The molecule has 1 aliphatic rings. The lowest BCUT2D eigenvalue weighted by Gasteiger charge is -2.31. The van der Waals surface area contributed by atoms with Crippen molar-refractivity contribution in [2.45, 2.75) is 52.3 Å². The molecule has 8 heteroatoms. The van der Waals surface area contributed by atoms with Crippen LogP contribution in [0.4, 0.5) is 0 Å². The Balaban J connectivity index is 1.60. The van der Waals surface area contributed by atoms with Gasteiger partial charge in [0.05, 0.1) is 13.2 Å². The zero-order valence-electron chi connectivity index (χ0n) is 19.9. The first-order chi connectivity index (χ1) is 16.3. The van der Waals surface area contributed by atoms with Crippen LogP contribution >= 0.6 is 0 Å². The van der Waals surface area contributed by atoms with E-state index in [1.165, 1.54) is 0 Å². The van der Waals surface area contributed by atoms with E-state index >= 15 is 0 Å². The molecular weight excluding hydrogens is 431 g/mol. The van der Waals surface area contributed by atoms with Crippen LogP contribution in [0.25, 0.3) is 0 Å². The molecule has 1 aliphatic carbocycles. The maximum absolute atomic E-state index is 13.0. The summed E-state index contributed by atoms with van der Waals surface area (Å²) in [5.74, 6) is 0.469. The highest BCUT2D eigenvalue weighted by Crippen LogP contribution is 2.32. The smallest absolute Gasteiger partial charge is 0.423 e. The van der Waals surface area contributed by atoms with Crippen LogP contribution < -0.4 is 16.1 Å². The Kier molecular flexibility index (Phi) is 9.68. The minimum atomic E-state index is -1.53. The monoisotopic (exact) mass is 466 g/mol. The summed E-state index contributed by atoms with van der Waals surface area (Å²) in [6.07, 6.45) is 2.79. The molecule has 0 spiro atoms. The predicted molar refractivity (Wildman–Crippen MR) is 132 cm³/mol. The van der Waals surface area contributed by atoms with Gasteiger partial charge in [-0.3, -0.25) is 9.59 Å². The molecule has 2 aromatic carbocycles. The van der Waals surface area contributed by atoms with Crippen LogP contribution in [0.3, 0.4) is 0 Å². The largest absolute Gasteiger partial charge is 0.488 e. The van der Waals surface area contributed by atoms with E-state index in [1.807, 2.05) is 30.3 Å². The number of hydrogen-bond donors (Lipinski definition) is 4. The van der Waals surface area contributed by atoms with Crippen molar-refractivity contribution in [3.63, 3.8) is 0 Å². The van der Waals surface area contributed by atoms with Gasteiger partial charge < -0.3 is 25.4 Å². The van der Waals surface area contributed by atoms with Crippen molar-refractivity contribution < 1.29 is 24.4 Å². The highest BCUT2D eigenvalue weighted by atomic mass is 16.5. The molecular formula is C26H35BN2O5. The first kappa shape index (κ1) is 25.9. The Morgan fingerprint density at radius 2 is 1.62 bits per heavy atom. The molecule has 0 radical (unpaired) electrons. The van der Waals surface area contributed by atoms with E-state index in [9.17, 15) is 19.6 Å². The zero-order valence-corrected chi connectivity index (χ0v) is 19.9. The molecule has 182 valence electrons. The van der Waals surface area contributed by atoms with Crippen LogP contribution in [0.2, 0.25) is 0 Å².